The topological polar surface area (TPSA) is 21.3 Å². The van der Waals surface area contributed by atoms with Gasteiger partial charge in [0.15, 0.2) is 0 Å². The molecule has 0 amide bonds. The van der Waals surface area contributed by atoms with E-state index < -0.39 is 0 Å². The summed E-state index contributed by atoms with van der Waals surface area (Å²) in [6.45, 7) is 2.06. The second-order valence-electron chi connectivity index (χ2n) is 4.04. The van der Waals surface area contributed by atoms with Crippen molar-refractivity contribution in [2.24, 2.45) is 0 Å². The molecule has 1 N–H and O–H groups in total. The van der Waals surface area contributed by atoms with Gasteiger partial charge >= 0.3 is 0 Å². The Kier molecular flexibility index (Phi) is 2.32. The van der Waals surface area contributed by atoms with Crippen molar-refractivity contribution in [1.82, 2.24) is 5.32 Å². The molecule has 0 unspecified atom stereocenters. The van der Waals surface area contributed by atoms with Crippen LogP contribution in [-0.4, -0.2) is 19.2 Å². The van der Waals surface area contributed by atoms with Gasteiger partial charge in [-0.3, -0.25) is 0 Å². The Morgan fingerprint density at radius 3 is 3.36 bits per heavy atom. The number of nitrogens with one attached hydrogen (secondary N) is 1. The highest BCUT2D eigenvalue weighted by molar-refractivity contribution is 7.10. The summed E-state index contributed by atoms with van der Waals surface area (Å²) in [6.07, 6.45) is 3.99. The van der Waals surface area contributed by atoms with Crippen molar-refractivity contribution in [2.45, 2.75) is 31.4 Å². The van der Waals surface area contributed by atoms with Crippen molar-refractivity contribution in [1.29, 1.82) is 0 Å². The molecule has 3 heterocycles. The van der Waals surface area contributed by atoms with Gasteiger partial charge in [0.05, 0.1) is 12.7 Å². The summed E-state index contributed by atoms with van der Waals surface area (Å²) in [6, 6.07) is 2.80. The molecule has 0 aromatic carbocycles. The molecule has 0 radical (unpaired) electrons. The maximum atomic E-state index is 5.89. The van der Waals surface area contributed by atoms with Gasteiger partial charge in [0.2, 0.25) is 0 Å². The Labute approximate surface area is 88.3 Å². The zero-order valence-corrected chi connectivity index (χ0v) is 8.98. The molecule has 1 aromatic heterocycles. The molecule has 1 fully saturated rings. The summed E-state index contributed by atoms with van der Waals surface area (Å²) < 4.78 is 5.89. The van der Waals surface area contributed by atoms with Crippen LogP contribution in [0.4, 0.5) is 0 Å². The van der Waals surface area contributed by atoms with E-state index >= 15 is 0 Å². The predicted octanol–water partition coefficient (Wildman–Crippen LogP) is 2.11. The molecule has 0 saturated carbocycles. The number of hydrogen-bond acceptors (Lipinski definition) is 3. The highest BCUT2D eigenvalue weighted by Crippen LogP contribution is 2.35. The maximum absolute atomic E-state index is 5.89. The van der Waals surface area contributed by atoms with Crippen LogP contribution in [-0.2, 0) is 11.2 Å². The predicted molar refractivity (Wildman–Crippen MR) is 57.7 cm³/mol. The van der Waals surface area contributed by atoms with Crippen LogP contribution in [0.25, 0.3) is 0 Å². The van der Waals surface area contributed by atoms with Gasteiger partial charge in [-0.15, -0.1) is 11.3 Å². The Morgan fingerprint density at radius 2 is 2.50 bits per heavy atom. The molecule has 0 spiro atoms. The first-order chi connectivity index (χ1) is 6.95. The van der Waals surface area contributed by atoms with Crippen molar-refractivity contribution in [3.8, 4) is 0 Å². The maximum Gasteiger partial charge on any atom is 0.0988 e. The van der Waals surface area contributed by atoms with Gasteiger partial charge in [-0.05, 0) is 36.4 Å². The molecule has 3 rings (SSSR count). The van der Waals surface area contributed by atoms with E-state index in [1.807, 2.05) is 11.3 Å². The van der Waals surface area contributed by atoms with Crippen molar-refractivity contribution < 1.29 is 4.74 Å². The quantitative estimate of drug-likeness (QED) is 0.765. The zero-order valence-electron chi connectivity index (χ0n) is 8.16. The SMILES string of the molecule is c1cc2c(s1)CCO[C@H]2[C@@H]1CCCN1. The second-order valence-corrected chi connectivity index (χ2v) is 5.04. The van der Waals surface area contributed by atoms with E-state index in [0.29, 0.717) is 12.1 Å². The van der Waals surface area contributed by atoms with Crippen LogP contribution in [0.5, 0.6) is 0 Å². The average Bonchev–Trinajstić information content (AvgIpc) is 2.88. The van der Waals surface area contributed by atoms with Crippen LogP contribution in [0.2, 0.25) is 0 Å². The summed E-state index contributed by atoms with van der Waals surface area (Å²) in [7, 11) is 0. The number of ether oxygens (including phenoxy) is 1. The van der Waals surface area contributed by atoms with Gasteiger partial charge in [-0.1, -0.05) is 0 Å². The van der Waals surface area contributed by atoms with Gasteiger partial charge in [-0.25, -0.2) is 0 Å². The highest BCUT2D eigenvalue weighted by Gasteiger charge is 2.31. The molecule has 1 saturated heterocycles. The second kappa shape index (κ2) is 3.65. The molecule has 3 heteroatoms. The molecule has 0 aliphatic carbocycles. The third-order valence-corrected chi connectivity index (χ3v) is 4.17. The molecular weight excluding hydrogens is 194 g/mol. The molecule has 2 aliphatic heterocycles. The van der Waals surface area contributed by atoms with E-state index in [-0.39, 0.29) is 0 Å². The number of fused-ring (bicyclic) bond motifs is 1. The average molecular weight is 209 g/mol. The third kappa shape index (κ3) is 1.40. The summed E-state index contributed by atoms with van der Waals surface area (Å²) in [5.74, 6) is 0. The fraction of sp³-hybridized carbons (Fsp3) is 0.636. The summed E-state index contributed by atoms with van der Waals surface area (Å²) >= 11 is 1.88. The van der Waals surface area contributed by atoms with E-state index in [1.54, 1.807) is 0 Å². The van der Waals surface area contributed by atoms with Gasteiger partial charge < -0.3 is 10.1 Å². The molecule has 2 nitrogen and oxygen atoms in total. The Balaban J connectivity index is 1.88. The van der Waals surface area contributed by atoms with Crippen LogP contribution in [0.3, 0.4) is 0 Å². The first-order valence-electron chi connectivity index (χ1n) is 5.36. The van der Waals surface area contributed by atoms with E-state index in [9.17, 15) is 0 Å². The lowest BCUT2D eigenvalue weighted by Gasteiger charge is -2.28. The molecule has 1 aromatic rings. The van der Waals surface area contributed by atoms with Crippen LogP contribution in [0.15, 0.2) is 11.4 Å². The van der Waals surface area contributed by atoms with Gasteiger partial charge in [0.1, 0.15) is 0 Å². The van der Waals surface area contributed by atoms with Crippen LogP contribution >= 0.6 is 11.3 Å². The standard InChI is InChI=1S/C11H15NOS/c1-2-9(12-5-1)11-8-4-7-14-10(8)3-6-13-11/h4,7,9,11-12H,1-3,5-6H2/t9-,11+/m0/s1. The normalized spacial score (nSPS) is 31.7. The summed E-state index contributed by atoms with van der Waals surface area (Å²) in [5, 5.41) is 5.73. The molecule has 76 valence electrons. The fourth-order valence-electron chi connectivity index (χ4n) is 2.48. The lowest BCUT2D eigenvalue weighted by atomic mass is 9.99. The fourth-order valence-corrected chi connectivity index (χ4v) is 3.38. The highest BCUT2D eigenvalue weighted by atomic mass is 32.1. The van der Waals surface area contributed by atoms with Crippen molar-refractivity contribution in [3.05, 3.63) is 21.9 Å². The largest absolute Gasteiger partial charge is 0.371 e. The minimum absolute atomic E-state index is 0.326. The molecule has 0 bridgehead atoms. The van der Waals surface area contributed by atoms with E-state index in [0.717, 1.165) is 19.6 Å². The lowest BCUT2D eigenvalue weighted by molar-refractivity contribution is 0.0211. The Morgan fingerprint density at radius 1 is 1.50 bits per heavy atom. The van der Waals surface area contributed by atoms with Crippen LogP contribution in [0, 0.1) is 0 Å². The first-order valence-corrected chi connectivity index (χ1v) is 6.24. The number of hydrogen-bond donors (Lipinski definition) is 1. The van der Waals surface area contributed by atoms with Gasteiger partial charge in [0, 0.05) is 17.3 Å². The van der Waals surface area contributed by atoms with E-state index in [1.165, 1.54) is 23.3 Å². The third-order valence-electron chi connectivity index (χ3n) is 3.18. The Hall–Kier alpha value is -0.380. The summed E-state index contributed by atoms with van der Waals surface area (Å²) in [4.78, 5) is 1.54. The smallest absolute Gasteiger partial charge is 0.0988 e. The molecule has 2 aliphatic rings. The summed E-state index contributed by atoms with van der Waals surface area (Å²) in [5.41, 5.74) is 1.45. The lowest BCUT2D eigenvalue weighted by Crippen LogP contribution is -2.33. The van der Waals surface area contributed by atoms with Crippen molar-refractivity contribution in [2.75, 3.05) is 13.2 Å². The molecule has 14 heavy (non-hydrogen) atoms. The molecular formula is C11H15NOS. The van der Waals surface area contributed by atoms with Gasteiger partial charge in [-0.2, -0.15) is 0 Å². The monoisotopic (exact) mass is 209 g/mol. The van der Waals surface area contributed by atoms with Crippen LogP contribution < -0.4 is 5.32 Å². The van der Waals surface area contributed by atoms with Gasteiger partial charge in [0.25, 0.3) is 0 Å². The number of thiophene rings is 1. The van der Waals surface area contributed by atoms with E-state index in [2.05, 4.69) is 16.8 Å². The first kappa shape index (κ1) is 8.89. The molecule has 2 atom stereocenters. The Bertz CT molecular complexity index is 317. The minimum Gasteiger partial charge on any atom is -0.371 e. The number of rotatable bonds is 1. The van der Waals surface area contributed by atoms with Crippen molar-refractivity contribution >= 4 is 11.3 Å². The minimum atomic E-state index is 0.326. The zero-order chi connectivity index (χ0) is 9.38. The van der Waals surface area contributed by atoms with Crippen molar-refractivity contribution in [3.63, 3.8) is 0 Å². The van der Waals surface area contributed by atoms with E-state index in [4.69, 9.17) is 4.74 Å². The van der Waals surface area contributed by atoms with Crippen LogP contribution in [0.1, 0.15) is 29.4 Å².